The SMILES string of the molecule is CC(C)c1ccccc1Sc1c(O)cc(-c2ccc(OCc3cccc4ccccc34)cc2)oc1=O. The van der Waals surface area contributed by atoms with Crippen LogP contribution in [0, 0.1) is 0 Å². The largest absolute Gasteiger partial charge is 0.506 e. The maximum Gasteiger partial charge on any atom is 0.354 e. The predicted octanol–water partition coefficient (Wildman–Crippen LogP) is 8.02. The molecule has 4 nitrogen and oxygen atoms in total. The molecule has 0 unspecified atom stereocenters. The molecule has 0 radical (unpaired) electrons. The molecule has 5 heteroatoms. The molecule has 5 rings (SSSR count). The molecule has 0 saturated carbocycles. The van der Waals surface area contributed by atoms with E-state index in [-0.39, 0.29) is 10.6 Å². The summed E-state index contributed by atoms with van der Waals surface area (Å²) in [5.41, 5.74) is 2.34. The molecule has 180 valence electrons. The minimum Gasteiger partial charge on any atom is -0.506 e. The molecule has 0 atom stereocenters. The van der Waals surface area contributed by atoms with E-state index in [1.165, 1.54) is 28.6 Å². The lowest BCUT2D eigenvalue weighted by Crippen LogP contribution is -2.03. The number of hydrogen-bond acceptors (Lipinski definition) is 5. The van der Waals surface area contributed by atoms with Crippen LogP contribution in [-0.2, 0) is 6.61 Å². The first kappa shape index (κ1) is 23.8. The zero-order chi connectivity index (χ0) is 25.1. The van der Waals surface area contributed by atoms with Crippen molar-refractivity contribution in [3.05, 3.63) is 119 Å². The molecule has 0 aliphatic rings. The summed E-state index contributed by atoms with van der Waals surface area (Å²) in [6, 6.07) is 31.1. The van der Waals surface area contributed by atoms with Gasteiger partial charge in [0, 0.05) is 16.5 Å². The van der Waals surface area contributed by atoms with Crippen LogP contribution < -0.4 is 10.4 Å². The second-order valence-electron chi connectivity index (χ2n) is 8.86. The van der Waals surface area contributed by atoms with Crippen LogP contribution in [0.25, 0.3) is 22.1 Å². The highest BCUT2D eigenvalue weighted by Crippen LogP contribution is 2.38. The number of fused-ring (bicyclic) bond motifs is 1. The van der Waals surface area contributed by atoms with Crippen LogP contribution >= 0.6 is 11.8 Å². The van der Waals surface area contributed by atoms with Gasteiger partial charge in [-0.2, -0.15) is 0 Å². The van der Waals surface area contributed by atoms with E-state index in [9.17, 15) is 9.90 Å². The summed E-state index contributed by atoms with van der Waals surface area (Å²) in [6.45, 7) is 4.64. The Labute approximate surface area is 214 Å². The molecule has 1 aromatic heterocycles. The van der Waals surface area contributed by atoms with E-state index < -0.39 is 5.63 Å². The number of rotatable bonds is 7. The molecule has 0 bridgehead atoms. The number of benzene rings is 4. The van der Waals surface area contributed by atoms with Crippen molar-refractivity contribution in [2.75, 3.05) is 0 Å². The third-order valence-electron chi connectivity index (χ3n) is 6.05. The molecule has 1 heterocycles. The first-order chi connectivity index (χ1) is 17.5. The van der Waals surface area contributed by atoms with Gasteiger partial charge in [0.25, 0.3) is 0 Å². The van der Waals surface area contributed by atoms with E-state index >= 15 is 0 Å². The van der Waals surface area contributed by atoms with E-state index in [1.54, 1.807) is 0 Å². The first-order valence-corrected chi connectivity index (χ1v) is 12.6. The third kappa shape index (κ3) is 5.02. The van der Waals surface area contributed by atoms with Crippen molar-refractivity contribution in [2.45, 2.75) is 36.2 Å². The summed E-state index contributed by atoms with van der Waals surface area (Å²) in [4.78, 5) is 13.9. The van der Waals surface area contributed by atoms with Crippen LogP contribution in [0.5, 0.6) is 11.5 Å². The van der Waals surface area contributed by atoms with E-state index in [4.69, 9.17) is 9.15 Å². The van der Waals surface area contributed by atoms with Crippen molar-refractivity contribution in [3.63, 3.8) is 0 Å². The van der Waals surface area contributed by atoms with Gasteiger partial charge in [0.2, 0.25) is 0 Å². The summed E-state index contributed by atoms with van der Waals surface area (Å²) in [6.07, 6.45) is 0. The second kappa shape index (κ2) is 10.3. The van der Waals surface area contributed by atoms with Gasteiger partial charge < -0.3 is 14.3 Å². The van der Waals surface area contributed by atoms with E-state index in [0.717, 1.165) is 16.0 Å². The zero-order valence-electron chi connectivity index (χ0n) is 20.1. The summed E-state index contributed by atoms with van der Waals surface area (Å²) >= 11 is 1.23. The monoisotopic (exact) mass is 494 g/mol. The fraction of sp³-hybridized carbons (Fsp3) is 0.129. The lowest BCUT2D eigenvalue weighted by Gasteiger charge is -2.12. The average molecular weight is 495 g/mol. The Balaban J connectivity index is 1.33. The van der Waals surface area contributed by atoms with Crippen LogP contribution in [-0.4, -0.2) is 5.11 Å². The number of ether oxygens (including phenoxy) is 1. The topological polar surface area (TPSA) is 59.7 Å². The van der Waals surface area contributed by atoms with Crippen molar-refractivity contribution in [1.82, 2.24) is 0 Å². The van der Waals surface area contributed by atoms with E-state index in [1.807, 2.05) is 66.7 Å². The third-order valence-corrected chi connectivity index (χ3v) is 7.23. The van der Waals surface area contributed by atoms with Gasteiger partial charge in [0.1, 0.15) is 28.8 Å². The molecule has 4 aromatic carbocycles. The van der Waals surface area contributed by atoms with Gasteiger partial charge in [0.15, 0.2) is 0 Å². The Morgan fingerprint density at radius 3 is 2.39 bits per heavy atom. The Bertz CT molecular complexity index is 1560. The Hall–Kier alpha value is -3.96. The van der Waals surface area contributed by atoms with Crippen LogP contribution in [0.15, 0.2) is 116 Å². The lowest BCUT2D eigenvalue weighted by molar-refractivity contribution is 0.307. The minimum absolute atomic E-state index is 0.0962. The van der Waals surface area contributed by atoms with Crippen molar-refractivity contribution in [3.8, 4) is 22.8 Å². The Kier molecular flexibility index (Phi) is 6.83. The average Bonchev–Trinajstić information content (AvgIpc) is 2.90. The molecule has 0 spiro atoms. The smallest absolute Gasteiger partial charge is 0.354 e. The van der Waals surface area contributed by atoms with Crippen molar-refractivity contribution in [2.24, 2.45) is 0 Å². The zero-order valence-corrected chi connectivity index (χ0v) is 20.9. The van der Waals surface area contributed by atoms with Crippen molar-refractivity contribution in [1.29, 1.82) is 0 Å². The highest BCUT2D eigenvalue weighted by atomic mass is 32.2. The van der Waals surface area contributed by atoms with Gasteiger partial charge in [-0.3, -0.25) is 0 Å². The standard InChI is InChI=1S/C31H26O4S/c1-20(2)25-11-5-6-13-29(25)36-30-27(32)18-28(35-31(30)33)22-14-16-24(17-15-22)34-19-23-10-7-9-21-8-3-4-12-26(21)23/h3-18,20,32H,19H2,1-2H3. The predicted molar refractivity (Wildman–Crippen MR) is 145 cm³/mol. The van der Waals surface area contributed by atoms with Gasteiger partial charge in [-0.1, -0.05) is 86.3 Å². The Morgan fingerprint density at radius 1 is 0.889 bits per heavy atom. The number of aromatic hydroxyl groups is 1. The number of hydrogen-bond donors (Lipinski definition) is 1. The maximum atomic E-state index is 12.8. The van der Waals surface area contributed by atoms with Crippen LogP contribution in [0.1, 0.15) is 30.9 Å². The summed E-state index contributed by atoms with van der Waals surface area (Å²) in [5.74, 6) is 1.21. The van der Waals surface area contributed by atoms with Crippen LogP contribution in [0.3, 0.4) is 0 Å². The van der Waals surface area contributed by atoms with Crippen molar-refractivity contribution < 1.29 is 14.3 Å². The summed E-state index contributed by atoms with van der Waals surface area (Å²) < 4.78 is 11.6. The fourth-order valence-corrected chi connectivity index (χ4v) is 5.24. The highest BCUT2D eigenvalue weighted by Gasteiger charge is 2.16. The quantitative estimate of drug-likeness (QED) is 0.248. The first-order valence-electron chi connectivity index (χ1n) is 11.8. The molecule has 1 N–H and O–H groups in total. The highest BCUT2D eigenvalue weighted by molar-refractivity contribution is 7.99. The molecule has 36 heavy (non-hydrogen) atoms. The van der Waals surface area contributed by atoms with Crippen LogP contribution in [0.4, 0.5) is 0 Å². The lowest BCUT2D eigenvalue weighted by atomic mass is 10.0. The minimum atomic E-state index is -0.565. The van der Waals surface area contributed by atoms with E-state index in [2.05, 4.69) is 38.1 Å². The Morgan fingerprint density at radius 2 is 1.61 bits per heavy atom. The maximum absolute atomic E-state index is 12.8. The van der Waals surface area contributed by atoms with Gasteiger partial charge in [-0.25, -0.2) is 4.79 Å². The van der Waals surface area contributed by atoms with Crippen LogP contribution in [0.2, 0.25) is 0 Å². The van der Waals surface area contributed by atoms with Gasteiger partial charge >= 0.3 is 5.63 Å². The summed E-state index contributed by atoms with van der Waals surface area (Å²) in [7, 11) is 0. The van der Waals surface area contributed by atoms with Gasteiger partial charge in [0.05, 0.1) is 0 Å². The molecule has 5 aromatic rings. The molecular weight excluding hydrogens is 468 g/mol. The van der Waals surface area contributed by atoms with Crippen molar-refractivity contribution >= 4 is 22.5 Å². The van der Waals surface area contributed by atoms with E-state index in [0.29, 0.717) is 29.6 Å². The van der Waals surface area contributed by atoms with Gasteiger partial charge in [-0.05, 0) is 58.1 Å². The molecular formula is C31H26O4S. The normalized spacial score (nSPS) is 11.2. The molecule has 0 aliphatic heterocycles. The second-order valence-corrected chi connectivity index (χ2v) is 9.91. The molecule has 0 saturated heterocycles. The van der Waals surface area contributed by atoms with Gasteiger partial charge in [-0.15, -0.1) is 0 Å². The fourth-order valence-electron chi connectivity index (χ4n) is 4.16. The molecule has 0 aliphatic carbocycles. The summed E-state index contributed by atoms with van der Waals surface area (Å²) in [5, 5.41) is 13.0. The molecule has 0 fully saturated rings. The molecule has 0 amide bonds.